The molecule has 0 spiro atoms. The second kappa shape index (κ2) is 6.84. The van der Waals surface area contributed by atoms with Crippen molar-refractivity contribution in [3.05, 3.63) is 71.3 Å². The number of nitrogens with one attached hydrogen (secondary N) is 1. The lowest BCUT2D eigenvalue weighted by Crippen LogP contribution is -2.31. The zero-order valence-electron chi connectivity index (χ0n) is 15.4. The predicted molar refractivity (Wildman–Crippen MR) is 109 cm³/mol. The Balaban J connectivity index is 1.78. The standard InChI is InChI=1S/C22H24N2OS/c1-24(2)22(25)19-9-5-8-18-16-6-4-7-17(16)20(23-21(18)19)14-10-12-15(26-3)13-11-14/h4-6,8-13,16-17,20,23H,7H2,1-3H3. The SMILES string of the molecule is CSc1ccc(C2Nc3c(C(=O)N(C)C)cccc3C3C=CCC32)cc1. The number of hydrogen-bond donors (Lipinski definition) is 1. The summed E-state index contributed by atoms with van der Waals surface area (Å²) in [6.45, 7) is 0. The number of fused-ring (bicyclic) bond motifs is 3. The highest BCUT2D eigenvalue weighted by molar-refractivity contribution is 7.98. The van der Waals surface area contributed by atoms with Gasteiger partial charge in [0.05, 0.1) is 17.3 Å². The van der Waals surface area contributed by atoms with E-state index < -0.39 is 0 Å². The Morgan fingerprint density at radius 2 is 1.92 bits per heavy atom. The highest BCUT2D eigenvalue weighted by atomic mass is 32.2. The molecule has 3 nitrogen and oxygen atoms in total. The van der Waals surface area contributed by atoms with Gasteiger partial charge >= 0.3 is 0 Å². The Labute approximate surface area is 159 Å². The summed E-state index contributed by atoms with van der Waals surface area (Å²) in [6, 6.07) is 15.1. The minimum Gasteiger partial charge on any atom is -0.377 e. The Morgan fingerprint density at radius 1 is 1.15 bits per heavy atom. The van der Waals surface area contributed by atoms with Crippen molar-refractivity contribution in [2.45, 2.75) is 23.3 Å². The van der Waals surface area contributed by atoms with Crippen LogP contribution in [0.15, 0.2) is 59.5 Å². The monoisotopic (exact) mass is 364 g/mol. The highest BCUT2D eigenvalue weighted by Gasteiger charge is 2.39. The fraction of sp³-hybridized carbons (Fsp3) is 0.318. The third kappa shape index (κ3) is 2.82. The molecule has 0 saturated carbocycles. The molecule has 3 unspecified atom stereocenters. The van der Waals surface area contributed by atoms with E-state index >= 15 is 0 Å². The number of carbonyl (C=O) groups excluding carboxylic acids is 1. The lowest BCUT2D eigenvalue weighted by molar-refractivity contribution is 0.0828. The van der Waals surface area contributed by atoms with Crippen LogP contribution in [0.4, 0.5) is 5.69 Å². The normalized spacial score (nSPS) is 23.1. The quantitative estimate of drug-likeness (QED) is 0.619. The molecule has 0 bridgehead atoms. The molecule has 2 aromatic carbocycles. The molecule has 2 aliphatic rings. The van der Waals surface area contributed by atoms with Crippen LogP contribution in [0.2, 0.25) is 0 Å². The molecule has 4 heteroatoms. The smallest absolute Gasteiger partial charge is 0.255 e. The first-order chi connectivity index (χ1) is 12.6. The number of benzene rings is 2. The van der Waals surface area contributed by atoms with Gasteiger partial charge in [0.25, 0.3) is 5.91 Å². The van der Waals surface area contributed by atoms with Crippen molar-refractivity contribution in [1.82, 2.24) is 4.90 Å². The van der Waals surface area contributed by atoms with Crippen LogP contribution in [0.1, 0.15) is 39.9 Å². The molecule has 1 aliphatic carbocycles. The topological polar surface area (TPSA) is 32.3 Å². The van der Waals surface area contributed by atoms with Crippen molar-refractivity contribution in [2.24, 2.45) is 5.92 Å². The first-order valence-corrected chi connectivity index (χ1v) is 10.2. The number of nitrogens with zero attached hydrogens (tertiary/aromatic N) is 1. The lowest BCUT2D eigenvalue weighted by Gasteiger charge is -2.38. The van der Waals surface area contributed by atoms with Crippen molar-refractivity contribution in [3.63, 3.8) is 0 Å². The third-order valence-corrected chi connectivity index (χ3v) is 6.25. The number of thioether (sulfide) groups is 1. The number of hydrogen-bond acceptors (Lipinski definition) is 3. The molecule has 1 aliphatic heterocycles. The molecule has 1 N–H and O–H groups in total. The summed E-state index contributed by atoms with van der Waals surface area (Å²) in [5, 5.41) is 3.73. The summed E-state index contributed by atoms with van der Waals surface area (Å²) in [7, 11) is 3.61. The number of amides is 1. The van der Waals surface area contributed by atoms with Gasteiger partial charge in [-0.3, -0.25) is 4.79 Å². The number of rotatable bonds is 3. The van der Waals surface area contributed by atoms with E-state index in [1.807, 2.05) is 12.1 Å². The predicted octanol–water partition coefficient (Wildman–Crippen LogP) is 4.94. The number of para-hydroxylation sites is 1. The van der Waals surface area contributed by atoms with Gasteiger partial charge in [0.15, 0.2) is 0 Å². The molecule has 3 atom stereocenters. The van der Waals surface area contributed by atoms with E-state index in [0.29, 0.717) is 11.8 Å². The van der Waals surface area contributed by atoms with Gasteiger partial charge < -0.3 is 10.2 Å². The lowest BCUT2D eigenvalue weighted by atomic mass is 9.76. The molecule has 134 valence electrons. The van der Waals surface area contributed by atoms with E-state index in [2.05, 4.69) is 54.1 Å². The van der Waals surface area contributed by atoms with Crippen LogP contribution < -0.4 is 5.32 Å². The molecular formula is C22H24N2OS. The minimum absolute atomic E-state index is 0.0475. The van der Waals surface area contributed by atoms with Crippen LogP contribution in [-0.4, -0.2) is 31.2 Å². The third-order valence-electron chi connectivity index (χ3n) is 5.51. The Kier molecular flexibility index (Phi) is 4.53. The van der Waals surface area contributed by atoms with Crippen LogP contribution in [-0.2, 0) is 0 Å². The molecule has 1 heterocycles. The van der Waals surface area contributed by atoms with Crippen molar-refractivity contribution < 1.29 is 4.79 Å². The zero-order chi connectivity index (χ0) is 18.3. The van der Waals surface area contributed by atoms with Gasteiger partial charge in [-0.25, -0.2) is 0 Å². The van der Waals surface area contributed by atoms with Crippen LogP contribution in [0.5, 0.6) is 0 Å². The average Bonchev–Trinajstić information content (AvgIpc) is 3.16. The number of allylic oxidation sites excluding steroid dienone is 2. The number of carbonyl (C=O) groups is 1. The first-order valence-electron chi connectivity index (χ1n) is 9.02. The fourth-order valence-corrected chi connectivity index (χ4v) is 4.59. The van der Waals surface area contributed by atoms with Gasteiger partial charge in [0.2, 0.25) is 0 Å². The van der Waals surface area contributed by atoms with Gasteiger partial charge in [-0.2, -0.15) is 0 Å². The first kappa shape index (κ1) is 17.2. The summed E-state index contributed by atoms with van der Waals surface area (Å²) in [4.78, 5) is 15.6. The van der Waals surface area contributed by atoms with Gasteiger partial charge in [0.1, 0.15) is 0 Å². The van der Waals surface area contributed by atoms with Crippen molar-refractivity contribution in [3.8, 4) is 0 Å². The molecule has 26 heavy (non-hydrogen) atoms. The van der Waals surface area contributed by atoms with E-state index in [9.17, 15) is 4.79 Å². The van der Waals surface area contributed by atoms with Gasteiger partial charge in [-0.1, -0.05) is 36.4 Å². The zero-order valence-corrected chi connectivity index (χ0v) is 16.2. The van der Waals surface area contributed by atoms with E-state index in [-0.39, 0.29) is 11.9 Å². The maximum atomic E-state index is 12.7. The van der Waals surface area contributed by atoms with Crippen molar-refractivity contribution in [1.29, 1.82) is 0 Å². The average molecular weight is 365 g/mol. The van der Waals surface area contributed by atoms with Gasteiger partial charge in [-0.05, 0) is 47.9 Å². The Morgan fingerprint density at radius 3 is 2.62 bits per heavy atom. The van der Waals surface area contributed by atoms with Crippen LogP contribution in [0.25, 0.3) is 0 Å². The van der Waals surface area contributed by atoms with E-state index in [0.717, 1.165) is 17.7 Å². The summed E-state index contributed by atoms with van der Waals surface area (Å²) in [5.41, 5.74) is 4.29. The molecular weight excluding hydrogens is 340 g/mol. The second-order valence-electron chi connectivity index (χ2n) is 7.22. The molecule has 0 saturated heterocycles. The van der Waals surface area contributed by atoms with E-state index in [1.54, 1.807) is 30.8 Å². The summed E-state index contributed by atoms with van der Waals surface area (Å²) in [6.07, 6.45) is 7.77. The van der Waals surface area contributed by atoms with Crippen LogP contribution in [0, 0.1) is 5.92 Å². The fourth-order valence-electron chi connectivity index (χ4n) is 4.18. The molecule has 4 rings (SSSR count). The molecule has 0 radical (unpaired) electrons. The highest BCUT2D eigenvalue weighted by Crippen LogP contribution is 2.50. The molecule has 0 aromatic heterocycles. The molecule has 2 aromatic rings. The molecule has 0 fully saturated rings. The van der Waals surface area contributed by atoms with Crippen molar-refractivity contribution in [2.75, 3.05) is 25.7 Å². The summed E-state index contributed by atoms with van der Waals surface area (Å²) < 4.78 is 0. The number of anilines is 1. The Hall–Kier alpha value is -2.20. The summed E-state index contributed by atoms with van der Waals surface area (Å²) >= 11 is 1.76. The van der Waals surface area contributed by atoms with Crippen molar-refractivity contribution >= 4 is 23.4 Å². The maximum absolute atomic E-state index is 12.7. The van der Waals surface area contributed by atoms with Crippen LogP contribution in [0.3, 0.4) is 0 Å². The van der Waals surface area contributed by atoms with E-state index in [4.69, 9.17) is 0 Å². The molecule has 1 amide bonds. The summed E-state index contributed by atoms with van der Waals surface area (Å²) in [5.74, 6) is 0.907. The largest absolute Gasteiger partial charge is 0.377 e. The van der Waals surface area contributed by atoms with Gasteiger partial charge in [-0.15, -0.1) is 11.8 Å². The minimum atomic E-state index is 0.0475. The van der Waals surface area contributed by atoms with Gasteiger partial charge in [0, 0.05) is 24.9 Å². The Bertz CT molecular complexity index is 857. The second-order valence-corrected chi connectivity index (χ2v) is 8.10. The van der Waals surface area contributed by atoms with Crippen LogP contribution >= 0.6 is 11.8 Å². The maximum Gasteiger partial charge on any atom is 0.255 e. The van der Waals surface area contributed by atoms with E-state index in [1.165, 1.54) is 16.0 Å².